The van der Waals surface area contributed by atoms with E-state index in [2.05, 4.69) is 24.0 Å². The molecule has 0 saturated heterocycles. The number of hydrogen-bond donors (Lipinski definition) is 1. The van der Waals surface area contributed by atoms with Gasteiger partial charge in [-0.15, -0.1) is 11.8 Å². The number of aliphatic hydroxyl groups excluding tert-OH is 1. The lowest BCUT2D eigenvalue weighted by molar-refractivity contribution is 0.119. The number of benzene rings is 1. The minimum atomic E-state index is -0.322. The Balaban J connectivity index is 1.99. The fourth-order valence-corrected chi connectivity index (χ4v) is 1.34. The van der Waals surface area contributed by atoms with Crippen LogP contribution in [0.15, 0.2) is 30.3 Å². The molecule has 0 aliphatic heterocycles. The topological polar surface area (TPSA) is 29.5 Å². The van der Waals surface area contributed by atoms with E-state index in [9.17, 15) is 0 Å². The van der Waals surface area contributed by atoms with E-state index < -0.39 is 0 Å². The van der Waals surface area contributed by atoms with Crippen LogP contribution < -0.4 is 0 Å². The molecule has 0 saturated carbocycles. The third-order valence-corrected chi connectivity index (χ3v) is 2.22. The first kappa shape index (κ1) is 13.8. The fourth-order valence-electron chi connectivity index (χ4n) is 1.34. The summed E-state index contributed by atoms with van der Waals surface area (Å²) in [6, 6.07) is 10.1. The molecule has 0 radical (unpaired) electrons. The molecule has 92 valence electrons. The monoisotopic (exact) mass is 232 g/mol. The highest BCUT2D eigenvalue weighted by Gasteiger charge is 1.91. The second kappa shape index (κ2) is 8.81. The number of aliphatic hydroxyl groups is 1. The molecule has 0 unspecified atom stereocenters. The molecule has 17 heavy (non-hydrogen) atoms. The Hall–Kier alpha value is -1.30. The lowest BCUT2D eigenvalue weighted by Crippen LogP contribution is -1.96. The van der Waals surface area contributed by atoms with Gasteiger partial charge in [0.2, 0.25) is 0 Å². The third kappa shape index (κ3) is 7.57. The Kier molecular flexibility index (Phi) is 7.13. The lowest BCUT2D eigenvalue weighted by atomic mass is 10.2. The molecule has 2 heteroatoms. The quantitative estimate of drug-likeness (QED) is 0.603. The molecule has 0 spiro atoms. The van der Waals surface area contributed by atoms with E-state index in [0.717, 1.165) is 19.4 Å². The van der Waals surface area contributed by atoms with Gasteiger partial charge < -0.3 is 9.84 Å². The van der Waals surface area contributed by atoms with Crippen LogP contribution in [0.3, 0.4) is 0 Å². The number of ether oxygens (including phenoxy) is 1. The summed E-state index contributed by atoms with van der Waals surface area (Å²) in [6.45, 7) is 3.15. The van der Waals surface area contributed by atoms with Gasteiger partial charge >= 0.3 is 0 Å². The van der Waals surface area contributed by atoms with E-state index in [1.165, 1.54) is 5.56 Å². The van der Waals surface area contributed by atoms with Gasteiger partial charge in [-0.2, -0.15) is 0 Å². The average Bonchev–Trinajstić information content (AvgIpc) is 2.33. The van der Waals surface area contributed by atoms with Crippen LogP contribution in [0.25, 0.3) is 0 Å². The van der Waals surface area contributed by atoms with E-state index in [0.29, 0.717) is 13.0 Å². The molecule has 0 aliphatic rings. The minimum Gasteiger partial charge on any atom is -0.392 e. The van der Waals surface area contributed by atoms with Crippen molar-refractivity contribution in [3.63, 3.8) is 0 Å². The maximum absolute atomic E-state index is 8.99. The second-order valence-corrected chi connectivity index (χ2v) is 4.05. The molecule has 0 aliphatic carbocycles. The van der Waals surface area contributed by atoms with Crippen LogP contribution in [0, 0.1) is 11.8 Å². The molecule has 0 heterocycles. The number of rotatable bonds is 6. The first-order valence-corrected chi connectivity index (χ1v) is 6.04. The number of hydrogen-bond acceptors (Lipinski definition) is 2. The van der Waals surface area contributed by atoms with E-state index in [-0.39, 0.29) is 6.10 Å². The summed E-state index contributed by atoms with van der Waals surface area (Å²) < 4.78 is 5.53. The zero-order chi connectivity index (χ0) is 12.3. The molecule has 1 rings (SSSR count). The Morgan fingerprint density at radius 3 is 2.71 bits per heavy atom. The largest absolute Gasteiger partial charge is 0.392 e. The van der Waals surface area contributed by atoms with Crippen molar-refractivity contribution in [1.29, 1.82) is 0 Å². The first-order chi connectivity index (χ1) is 8.29. The predicted octanol–water partition coefficient (Wildman–Crippen LogP) is 2.76. The molecule has 0 aromatic heterocycles. The zero-order valence-electron chi connectivity index (χ0n) is 10.4. The van der Waals surface area contributed by atoms with Gasteiger partial charge in [0.25, 0.3) is 0 Å². The number of unbranched alkanes of at least 4 members (excludes halogenated alkanes) is 1. The van der Waals surface area contributed by atoms with Gasteiger partial charge in [-0.1, -0.05) is 30.3 Å². The lowest BCUT2D eigenvalue weighted by Gasteiger charge is -2.02. The van der Waals surface area contributed by atoms with Gasteiger partial charge in [-0.25, -0.2) is 0 Å². The van der Waals surface area contributed by atoms with Gasteiger partial charge in [0.15, 0.2) is 0 Å². The van der Waals surface area contributed by atoms with Crippen LogP contribution in [0.4, 0.5) is 0 Å². The molecule has 0 bridgehead atoms. The van der Waals surface area contributed by atoms with Crippen molar-refractivity contribution >= 4 is 0 Å². The summed E-state index contributed by atoms with van der Waals surface area (Å²) in [5.41, 5.74) is 1.20. The summed E-state index contributed by atoms with van der Waals surface area (Å²) >= 11 is 0. The van der Waals surface area contributed by atoms with E-state index in [1.54, 1.807) is 6.92 Å². The smallest absolute Gasteiger partial charge is 0.0716 e. The van der Waals surface area contributed by atoms with Crippen LogP contribution in [0.5, 0.6) is 0 Å². The summed E-state index contributed by atoms with van der Waals surface area (Å²) in [6.07, 6.45) is 2.02. The van der Waals surface area contributed by atoms with Crippen molar-refractivity contribution in [1.82, 2.24) is 0 Å². The Morgan fingerprint density at radius 1 is 1.24 bits per heavy atom. The Morgan fingerprint density at radius 2 is 2.00 bits per heavy atom. The van der Waals surface area contributed by atoms with E-state index in [1.807, 2.05) is 18.2 Å². The minimum absolute atomic E-state index is 0.322. The van der Waals surface area contributed by atoms with Crippen molar-refractivity contribution < 1.29 is 9.84 Å². The Bertz CT molecular complexity index is 346. The molecule has 2 nitrogen and oxygen atoms in total. The van der Waals surface area contributed by atoms with E-state index in [4.69, 9.17) is 9.84 Å². The van der Waals surface area contributed by atoms with Crippen LogP contribution in [-0.4, -0.2) is 17.8 Å². The highest BCUT2D eigenvalue weighted by Crippen LogP contribution is 2.01. The van der Waals surface area contributed by atoms with Crippen molar-refractivity contribution in [3.8, 4) is 11.8 Å². The van der Waals surface area contributed by atoms with Crippen molar-refractivity contribution in [2.45, 2.75) is 38.9 Å². The molecule has 0 amide bonds. The van der Waals surface area contributed by atoms with Crippen LogP contribution in [0.1, 0.15) is 31.7 Å². The third-order valence-electron chi connectivity index (χ3n) is 2.22. The SMILES string of the molecule is C[C@H](O)CC#CCCCOCc1ccccc1. The van der Waals surface area contributed by atoms with Crippen molar-refractivity contribution in [3.05, 3.63) is 35.9 Å². The van der Waals surface area contributed by atoms with Gasteiger partial charge in [0, 0.05) is 19.4 Å². The van der Waals surface area contributed by atoms with Gasteiger partial charge in [0.05, 0.1) is 12.7 Å². The molecular weight excluding hydrogens is 212 g/mol. The second-order valence-electron chi connectivity index (χ2n) is 4.05. The molecule has 1 atom stereocenters. The summed E-state index contributed by atoms with van der Waals surface area (Å²) in [7, 11) is 0. The first-order valence-electron chi connectivity index (χ1n) is 6.04. The van der Waals surface area contributed by atoms with Gasteiger partial charge in [-0.3, -0.25) is 0 Å². The van der Waals surface area contributed by atoms with Crippen LogP contribution in [0.2, 0.25) is 0 Å². The molecular formula is C15H20O2. The van der Waals surface area contributed by atoms with Crippen molar-refractivity contribution in [2.24, 2.45) is 0 Å². The summed E-state index contributed by atoms with van der Waals surface area (Å²) in [4.78, 5) is 0. The van der Waals surface area contributed by atoms with Gasteiger partial charge in [0.1, 0.15) is 0 Å². The maximum atomic E-state index is 8.99. The van der Waals surface area contributed by atoms with E-state index >= 15 is 0 Å². The highest BCUT2D eigenvalue weighted by molar-refractivity contribution is 5.13. The zero-order valence-corrected chi connectivity index (χ0v) is 10.4. The highest BCUT2D eigenvalue weighted by atomic mass is 16.5. The van der Waals surface area contributed by atoms with Gasteiger partial charge in [-0.05, 0) is 18.9 Å². The normalized spacial score (nSPS) is 11.6. The molecule has 1 N–H and O–H groups in total. The molecule has 1 aromatic carbocycles. The maximum Gasteiger partial charge on any atom is 0.0716 e. The predicted molar refractivity (Wildman–Crippen MR) is 69.4 cm³/mol. The van der Waals surface area contributed by atoms with Crippen LogP contribution >= 0.6 is 0 Å². The van der Waals surface area contributed by atoms with Crippen LogP contribution in [-0.2, 0) is 11.3 Å². The molecule has 1 aromatic rings. The standard InChI is InChI=1S/C15H20O2/c1-14(16)9-5-2-3-8-12-17-13-15-10-6-4-7-11-15/h4,6-7,10-11,14,16H,3,8-9,12-13H2,1H3/t14-/m0/s1. The molecule has 0 fully saturated rings. The van der Waals surface area contributed by atoms with Crippen molar-refractivity contribution in [2.75, 3.05) is 6.61 Å². The Labute approximate surface area is 104 Å². The average molecular weight is 232 g/mol. The fraction of sp³-hybridized carbons (Fsp3) is 0.467. The summed E-state index contributed by atoms with van der Waals surface area (Å²) in [5.74, 6) is 5.96. The summed E-state index contributed by atoms with van der Waals surface area (Å²) in [5, 5.41) is 8.99.